The summed E-state index contributed by atoms with van der Waals surface area (Å²) < 4.78 is 0. The minimum absolute atomic E-state index is 0.104. The van der Waals surface area contributed by atoms with Gasteiger partial charge in [0.05, 0.1) is 0 Å². The topological polar surface area (TPSA) is 77.5 Å². The third-order valence-electron chi connectivity index (χ3n) is 4.26. The molecule has 28 heavy (non-hydrogen) atoms. The number of nitrogens with zero attached hydrogens (tertiary/aromatic N) is 1. The van der Waals surface area contributed by atoms with E-state index in [1.54, 1.807) is 7.05 Å². The van der Waals surface area contributed by atoms with Crippen molar-refractivity contribution in [3.8, 4) is 0 Å². The van der Waals surface area contributed by atoms with Crippen LogP contribution in [0.5, 0.6) is 0 Å². The molecule has 0 saturated carbocycles. The fraction of sp³-hybridized carbons (Fsp3) is 0.364. The summed E-state index contributed by atoms with van der Waals surface area (Å²) in [6, 6.07) is 18.1. The first-order valence-electron chi connectivity index (χ1n) is 9.64. The van der Waals surface area contributed by atoms with Gasteiger partial charge in [0.1, 0.15) is 0 Å². The maximum absolute atomic E-state index is 11.7. The first kappa shape index (κ1) is 21.3. The van der Waals surface area contributed by atoms with Gasteiger partial charge in [-0.05, 0) is 43.0 Å². The third kappa shape index (κ3) is 7.31. The minimum Gasteiger partial charge on any atom is -0.356 e. The molecule has 0 aromatic heterocycles. The van der Waals surface area contributed by atoms with Gasteiger partial charge in [-0.25, -0.2) is 4.79 Å². The lowest BCUT2D eigenvalue weighted by Gasteiger charge is -2.16. The van der Waals surface area contributed by atoms with Crippen LogP contribution in [0.3, 0.4) is 0 Å². The number of hydrogen-bond acceptors (Lipinski definition) is 2. The Morgan fingerprint density at radius 1 is 0.964 bits per heavy atom. The maximum Gasteiger partial charge on any atom is 0.319 e. The van der Waals surface area contributed by atoms with E-state index in [-0.39, 0.29) is 12.1 Å². The van der Waals surface area contributed by atoms with Gasteiger partial charge in [0.25, 0.3) is 0 Å². The molecule has 1 atom stereocenters. The van der Waals surface area contributed by atoms with E-state index in [0.29, 0.717) is 12.5 Å². The Balaban J connectivity index is 1.79. The summed E-state index contributed by atoms with van der Waals surface area (Å²) in [7, 11) is 1.77. The summed E-state index contributed by atoms with van der Waals surface area (Å²) in [6.07, 6.45) is 0. The highest BCUT2D eigenvalue weighted by molar-refractivity contribution is 5.89. The number of hydrogen-bond donors (Lipinski definition) is 4. The second-order valence-corrected chi connectivity index (χ2v) is 7.07. The molecule has 0 bridgehead atoms. The maximum atomic E-state index is 11.7. The van der Waals surface area contributed by atoms with E-state index in [9.17, 15) is 4.79 Å². The number of amides is 2. The van der Waals surface area contributed by atoms with Gasteiger partial charge in [-0.3, -0.25) is 4.99 Å². The zero-order chi connectivity index (χ0) is 20.4. The van der Waals surface area contributed by atoms with Gasteiger partial charge in [0.2, 0.25) is 0 Å². The van der Waals surface area contributed by atoms with Crippen molar-refractivity contribution >= 4 is 17.7 Å². The number of urea groups is 1. The second kappa shape index (κ2) is 11.0. The van der Waals surface area contributed by atoms with Gasteiger partial charge in [-0.15, -0.1) is 0 Å². The van der Waals surface area contributed by atoms with Crippen LogP contribution >= 0.6 is 0 Å². The predicted octanol–water partition coefficient (Wildman–Crippen LogP) is 3.69. The highest BCUT2D eigenvalue weighted by atomic mass is 16.2. The second-order valence-electron chi connectivity index (χ2n) is 7.07. The fourth-order valence-electron chi connectivity index (χ4n) is 2.69. The molecular weight excluding hydrogens is 350 g/mol. The Hall–Kier alpha value is -3.02. The zero-order valence-corrected chi connectivity index (χ0v) is 17.1. The normalized spacial score (nSPS) is 12.4. The molecule has 150 valence electrons. The Bertz CT molecular complexity index is 756. The van der Waals surface area contributed by atoms with Gasteiger partial charge >= 0.3 is 6.03 Å². The fourth-order valence-corrected chi connectivity index (χ4v) is 2.69. The molecule has 0 aliphatic heterocycles. The van der Waals surface area contributed by atoms with E-state index in [1.165, 1.54) is 5.56 Å². The van der Waals surface area contributed by atoms with E-state index < -0.39 is 0 Å². The molecule has 4 N–H and O–H groups in total. The molecule has 2 aromatic rings. The first-order chi connectivity index (χ1) is 13.5. The Morgan fingerprint density at radius 2 is 1.64 bits per heavy atom. The zero-order valence-electron chi connectivity index (χ0n) is 17.1. The lowest BCUT2D eigenvalue weighted by molar-refractivity contribution is 0.250. The largest absolute Gasteiger partial charge is 0.356 e. The van der Waals surface area contributed by atoms with Gasteiger partial charge in [-0.2, -0.15) is 0 Å². The molecule has 2 aromatic carbocycles. The van der Waals surface area contributed by atoms with Crippen LogP contribution in [-0.4, -0.2) is 31.6 Å². The molecule has 2 amide bonds. The van der Waals surface area contributed by atoms with Crippen LogP contribution in [0.15, 0.2) is 59.6 Å². The number of rotatable bonds is 7. The number of anilines is 1. The van der Waals surface area contributed by atoms with Crippen molar-refractivity contribution in [2.75, 3.05) is 18.9 Å². The molecule has 2 rings (SSSR count). The molecule has 0 heterocycles. The highest BCUT2D eigenvalue weighted by Crippen LogP contribution is 2.13. The van der Waals surface area contributed by atoms with Gasteiger partial charge in [-0.1, -0.05) is 49.4 Å². The molecular formula is C22H31N5O. The monoisotopic (exact) mass is 381 g/mol. The van der Waals surface area contributed by atoms with Crippen LogP contribution in [0.4, 0.5) is 10.5 Å². The van der Waals surface area contributed by atoms with Crippen molar-refractivity contribution < 1.29 is 4.79 Å². The summed E-state index contributed by atoms with van der Waals surface area (Å²) in [6.45, 7) is 7.50. The summed E-state index contributed by atoms with van der Waals surface area (Å²) in [5.74, 6) is 1.16. The molecule has 0 saturated heterocycles. The number of guanidine groups is 1. The van der Waals surface area contributed by atoms with Crippen molar-refractivity contribution in [3.05, 3.63) is 65.7 Å². The standard InChI is InChI=1S/C22H31N5O/c1-16(2)26-22(28)27-20-12-10-18(11-13-20)15-25-21(23-4)24-14-17(3)19-8-6-5-7-9-19/h5-13,16-17H,14-15H2,1-4H3,(H2,23,24,25)(H2,26,27,28). The van der Waals surface area contributed by atoms with Crippen LogP contribution < -0.4 is 21.3 Å². The lowest BCUT2D eigenvalue weighted by atomic mass is 10.0. The van der Waals surface area contributed by atoms with Crippen LogP contribution in [0.1, 0.15) is 37.8 Å². The average Bonchev–Trinajstić information content (AvgIpc) is 2.69. The number of nitrogens with one attached hydrogen (secondary N) is 4. The SMILES string of the molecule is CN=C(NCc1ccc(NC(=O)NC(C)C)cc1)NCC(C)c1ccccc1. The molecule has 1 unspecified atom stereocenters. The van der Waals surface area contributed by atoms with Crippen LogP contribution in [-0.2, 0) is 6.54 Å². The smallest absolute Gasteiger partial charge is 0.319 e. The van der Waals surface area contributed by atoms with E-state index in [4.69, 9.17) is 0 Å². The van der Waals surface area contributed by atoms with Crippen molar-refractivity contribution in [1.82, 2.24) is 16.0 Å². The van der Waals surface area contributed by atoms with Gasteiger partial charge in [0, 0.05) is 31.9 Å². The van der Waals surface area contributed by atoms with E-state index in [2.05, 4.69) is 57.4 Å². The molecule has 0 fully saturated rings. The first-order valence-corrected chi connectivity index (χ1v) is 9.64. The quantitative estimate of drug-likeness (QED) is 0.436. The van der Waals surface area contributed by atoms with Crippen LogP contribution in [0.25, 0.3) is 0 Å². The molecule has 0 aliphatic carbocycles. The summed E-state index contributed by atoms with van der Waals surface area (Å²) in [5, 5.41) is 12.3. The van der Waals surface area contributed by atoms with Crippen LogP contribution in [0.2, 0.25) is 0 Å². The molecule has 6 nitrogen and oxygen atoms in total. The van der Waals surface area contributed by atoms with Gasteiger partial charge in [0.15, 0.2) is 5.96 Å². The molecule has 0 aliphatic rings. The summed E-state index contributed by atoms with van der Waals surface area (Å²) in [4.78, 5) is 16.0. The van der Waals surface area contributed by atoms with Gasteiger partial charge < -0.3 is 21.3 Å². The van der Waals surface area contributed by atoms with Crippen molar-refractivity contribution in [3.63, 3.8) is 0 Å². The Kier molecular flexibility index (Phi) is 8.34. The number of benzene rings is 2. The number of aliphatic imine (C=N–C) groups is 1. The third-order valence-corrected chi connectivity index (χ3v) is 4.26. The summed E-state index contributed by atoms with van der Waals surface area (Å²) in [5.41, 5.74) is 3.17. The van der Waals surface area contributed by atoms with Crippen molar-refractivity contribution in [2.45, 2.75) is 39.3 Å². The molecule has 6 heteroatoms. The van der Waals surface area contributed by atoms with Crippen molar-refractivity contribution in [2.24, 2.45) is 4.99 Å². The number of carbonyl (C=O) groups is 1. The molecule has 0 spiro atoms. The molecule has 0 radical (unpaired) electrons. The predicted molar refractivity (Wildman–Crippen MR) is 117 cm³/mol. The summed E-state index contributed by atoms with van der Waals surface area (Å²) >= 11 is 0. The minimum atomic E-state index is -0.196. The Morgan fingerprint density at radius 3 is 2.25 bits per heavy atom. The van der Waals surface area contributed by atoms with Crippen LogP contribution in [0, 0.1) is 0 Å². The Labute approximate surface area is 167 Å². The lowest BCUT2D eigenvalue weighted by Crippen LogP contribution is -2.38. The average molecular weight is 382 g/mol. The van der Waals surface area contributed by atoms with E-state index in [0.717, 1.165) is 23.8 Å². The van der Waals surface area contributed by atoms with E-state index in [1.807, 2.05) is 44.2 Å². The number of carbonyl (C=O) groups excluding carboxylic acids is 1. The highest BCUT2D eigenvalue weighted by Gasteiger charge is 2.07. The van der Waals surface area contributed by atoms with E-state index >= 15 is 0 Å². The van der Waals surface area contributed by atoms with Crippen molar-refractivity contribution in [1.29, 1.82) is 0 Å².